The van der Waals surface area contributed by atoms with E-state index in [9.17, 15) is 14.4 Å². The number of hydrogen-bond acceptors (Lipinski definition) is 8. The van der Waals surface area contributed by atoms with Crippen molar-refractivity contribution in [2.75, 3.05) is 13.2 Å². The number of fused-ring (bicyclic) bond motifs is 1. The summed E-state index contributed by atoms with van der Waals surface area (Å²) in [6, 6.07) is 12.5. The number of aromatic nitrogens is 2. The van der Waals surface area contributed by atoms with Gasteiger partial charge in [-0.15, -0.1) is 11.3 Å². The predicted octanol–water partition coefficient (Wildman–Crippen LogP) is 4.44. The second-order valence-corrected chi connectivity index (χ2v) is 11.2. The third kappa shape index (κ3) is 4.89. The van der Waals surface area contributed by atoms with Crippen molar-refractivity contribution in [2.45, 2.75) is 40.7 Å². The zero-order chi connectivity index (χ0) is 28.6. The molecule has 1 aliphatic rings. The molecule has 0 saturated carbocycles. The molecule has 1 atom stereocenters. The number of allylic oxidation sites excluding steroid dienone is 1. The molecule has 10 heteroatoms. The highest BCUT2D eigenvalue weighted by atomic mass is 32.1. The maximum absolute atomic E-state index is 13.8. The lowest BCUT2D eigenvalue weighted by molar-refractivity contribution is -0.139. The van der Waals surface area contributed by atoms with E-state index in [1.165, 1.54) is 22.7 Å². The number of rotatable bonds is 7. The van der Waals surface area contributed by atoms with E-state index >= 15 is 0 Å². The van der Waals surface area contributed by atoms with Crippen molar-refractivity contribution in [2.24, 2.45) is 4.99 Å². The molecule has 0 amide bonds. The van der Waals surface area contributed by atoms with Crippen molar-refractivity contribution in [3.05, 3.63) is 106 Å². The molecule has 0 unspecified atom stereocenters. The summed E-state index contributed by atoms with van der Waals surface area (Å²) in [5.41, 5.74) is 4.94. The Bertz CT molecular complexity index is 1810. The van der Waals surface area contributed by atoms with Gasteiger partial charge in [0.15, 0.2) is 4.80 Å². The molecule has 0 bridgehead atoms. The van der Waals surface area contributed by atoms with Gasteiger partial charge in [-0.25, -0.2) is 14.6 Å². The van der Waals surface area contributed by atoms with Crippen molar-refractivity contribution in [1.29, 1.82) is 0 Å². The summed E-state index contributed by atoms with van der Waals surface area (Å²) in [5, 5.41) is 1.93. The third-order valence-corrected chi connectivity index (χ3v) is 8.63. The van der Waals surface area contributed by atoms with E-state index in [2.05, 4.69) is 9.56 Å². The summed E-state index contributed by atoms with van der Waals surface area (Å²) in [4.78, 5) is 44.9. The predicted molar refractivity (Wildman–Crippen MR) is 156 cm³/mol. The first-order chi connectivity index (χ1) is 19.2. The molecule has 0 saturated heterocycles. The van der Waals surface area contributed by atoms with Crippen LogP contribution in [-0.2, 0) is 14.3 Å². The lowest BCUT2D eigenvalue weighted by Crippen LogP contribution is -2.39. The van der Waals surface area contributed by atoms with E-state index in [0.717, 1.165) is 27.5 Å². The Labute approximate surface area is 239 Å². The molecule has 5 rings (SSSR count). The highest BCUT2D eigenvalue weighted by molar-refractivity contribution is 7.10. The maximum atomic E-state index is 13.8. The van der Waals surface area contributed by atoms with Crippen molar-refractivity contribution in [3.8, 4) is 5.69 Å². The summed E-state index contributed by atoms with van der Waals surface area (Å²) >= 11 is 2.79. The molecule has 3 aromatic heterocycles. The Hall–Kier alpha value is -4.02. The van der Waals surface area contributed by atoms with Crippen LogP contribution in [0.5, 0.6) is 0 Å². The van der Waals surface area contributed by atoms with Crippen LogP contribution in [0.1, 0.15) is 59.0 Å². The monoisotopic (exact) mass is 575 g/mol. The van der Waals surface area contributed by atoms with E-state index in [4.69, 9.17) is 9.47 Å². The highest BCUT2D eigenvalue weighted by Gasteiger charge is 2.34. The molecule has 40 heavy (non-hydrogen) atoms. The molecular formula is C30H29N3O5S2. The van der Waals surface area contributed by atoms with Crippen molar-refractivity contribution in [1.82, 2.24) is 9.13 Å². The summed E-state index contributed by atoms with van der Waals surface area (Å²) in [6.07, 6.45) is 1.88. The average Bonchev–Trinajstić information content (AvgIpc) is 3.63. The van der Waals surface area contributed by atoms with Crippen molar-refractivity contribution < 1.29 is 19.1 Å². The summed E-state index contributed by atoms with van der Waals surface area (Å²) in [7, 11) is 0. The van der Waals surface area contributed by atoms with Gasteiger partial charge in [-0.2, -0.15) is 0 Å². The van der Waals surface area contributed by atoms with Crippen LogP contribution in [0.4, 0.5) is 0 Å². The largest absolute Gasteiger partial charge is 0.463 e. The van der Waals surface area contributed by atoms with Crippen LogP contribution in [0.15, 0.2) is 68.9 Å². The van der Waals surface area contributed by atoms with Gasteiger partial charge >= 0.3 is 11.9 Å². The number of ether oxygens (including phenoxy) is 2. The SMILES string of the molecule is CCOC(=O)C1=C(C)N=c2s/c(=C/c3cc(C)n(-c4ccc(C(=O)OCC)cc4)c3C)c(=O)n2[C@H]1c1cccs1. The van der Waals surface area contributed by atoms with E-state index in [1.807, 2.05) is 55.6 Å². The zero-order valence-electron chi connectivity index (χ0n) is 22.9. The minimum absolute atomic E-state index is 0.208. The van der Waals surface area contributed by atoms with E-state index in [-0.39, 0.29) is 18.1 Å². The molecule has 4 aromatic rings. The fraction of sp³-hybridized carbons (Fsp3) is 0.267. The zero-order valence-corrected chi connectivity index (χ0v) is 24.5. The molecule has 0 aliphatic carbocycles. The normalized spacial score (nSPS) is 15.1. The Kier molecular flexibility index (Phi) is 7.73. The quantitative estimate of drug-likeness (QED) is 0.304. The van der Waals surface area contributed by atoms with Crippen LogP contribution < -0.4 is 14.9 Å². The van der Waals surface area contributed by atoms with Crippen LogP contribution in [-0.4, -0.2) is 34.3 Å². The first kappa shape index (κ1) is 27.5. The van der Waals surface area contributed by atoms with Gasteiger partial charge in [0.1, 0.15) is 6.04 Å². The fourth-order valence-electron chi connectivity index (χ4n) is 4.94. The second-order valence-electron chi connectivity index (χ2n) is 9.25. The number of esters is 2. The number of hydrogen-bond donors (Lipinski definition) is 0. The Morgan fingerprint density at radius 3 is 2.38 bits per heavy atom. The summed E-state index contributed by atoms with van der Waals surface area (Å²) in [5.74, 6) is -0.817. The number of aryl methyl sites for hydroxylation is 1. The number of carbonyl (C=O) groups excluding carboxylic acids is 2. The Morgan fingerprint density at radius 1 is 1.02 bits per heavy atom. The van der Waals surface area contributed by atoms with Crippen LogP contribution in [0.2, 0.25) is 0 Å². The number of carbonyl (C=O) groups is 2. The maximum Gasteiger partial charge on any atom is 0.338 e. The fourth-order valence-corrected chi connectivity index (χ4v) is 6.80. The van der Waals surface area contributed by atoms with Crippen LogP contribution in [0.25, 0.3) is 11.8 Å². The second kappa shape index (κ2) is 11.2. The molecule has 0 radical (unpaired) electrons. The molecule has 1 aliphatic heterocycles. The van der Waals surface area contributed by atoms with Crippen LogP contribution >= 0.6 is 22.7 Å². The number of thiazole rings is 1. The molecule has 8 nitrogen and oxygen atoms in total. The van der Waals surface area contributed by atoms with Crippen LogP contribution in [0.3, 0.4) is 0 Å². The number of thiophene rings is 1. The van der Waals surface area contributed by atoms with Gasteiger partial charge in [-0.05, 0) is 88.0 Å². The first-order valence-corrected chi connectivity index (χ1v) is 14.6. The lowest BCUT2D eigenvalue weighted by atomic mass is 10.0. The summed E-state index contributed by atoms with van der Waals surface area (Å²) < 4.78 is 14.6. The van der Waals surface area contributed by atoms with E-state index in [0.29, 0.717) is 32.8 Å². The molecule has 0 spiro atoms. The smallest absolute Gasteiger partial charge is 0.338 e. The molecule has 4 heterocycles. The van der Waals surface area contributed by atoms with Crippen LogP contribution in [0, 0.1) is 13.8 Å². The topological polar surface area (TPSA) is 91.9 Å². The van der Waals surface area contributed by atoms with Crippen molar-refractivity contribution >= 4 is 40.7 Å². The molecule has 1 aromatic carbocycles. The average molecular weight is 576 g/mol. The van der Waals surface area contributed by atoms with Gasteiger partial charge < -0.3 is 14.0 Å². The number of nitrogens with zero attached hydrogens (tertiary/aromatic N) is 3. The van der Waals surface area contributed by atoms with Gasteiger partial charge in [0, 0.05) is 22.0 Å². The van der Waals surface area contributed by atoms with E-state index in [1.54, 1.807) is 37.5 Å². The molecule has 206 valence electrons. The molecule has 0 N–H and O–H groups in total. The van der Waals surface area contributed by atoms with Gasteiger partial charge in [-0.1, -0.05) is 17.4 Å². The minimum atomic E-state index is -0.595. The minimum Gasteiger partial charge on any atom is -0.463 e. The third-order valence-electron chi connectivity index (χ3n) is 6.72. The highest BCUT2D eigenvalue weighted by Crippen LogP contribution is 2.33. The van der Waals surface area contributed by atoms with Crippen molar-refractivity contribution in [3.63, 3.8) is 0 Å². The van der Waals surface area contributed by atoms with Gasteiger partial charge in [0.2, 0.25) is 0 Å². The molecular weight excluding hydrogens is 546 g/mol. The van der Waals surface area contributed by atoms with E-state index < -0.39 is 12.0 Å². The van der Waals surface area contributed by atoms with Gasteiger partial charge in [-0.3, -0.25) is 9.36 Å². The van der Waals surface area contributed by atoms with Gasteiger partial charge in [0.25, 0.3) is 5.56 Å². The first-order valence-electron chi connectivity index (χ1n) is 12.9. The number of benzene rings is 1. The van der Waals surface area contributed by atoms with Gasteiger partial charge in [0.05, 0.1) is 34.6 Å². The Morgan fingerprint density at radius 2 is 1.73 bits per heavy atom. The standard InChI is InChI=1S/C30H29N3O5S2/c1-6-37-28(35)20-10-12-22(13-11-20)32-17(3)15-21(19(32)5)16-24-27(34)33-26(23-9-8-14-39-23)25(29(36)38-7-2)18(4)31-30(33)40-24/h8-16,26H,6-7H2,1-5H3/b24-16+/t26-/m0/s1. The molecule has 0 fully saturated rings. The summed E-state index contributed by atoms with van der Waals surface area (Å²) in [6.45, 7) is 9.87. The Balaban J connectivity index is 1.59. The lowest BCUT2D eigenvalue weighted by Gasteiger charge is -2.23.